The molecule has 0 spiro atoms. The summed E-state index contributed by atoms with van der Waals surface area (Å²) in [6.07, 6.45) is 2.52. The molecule has 144 valence electrons. The van der Waals surface area contributed by atoms with Crippen LogP contribution in [-0.4, -0.2) is 32.8 Å². The molecule has 0 saturated carbocycles. The summed E-state index contributed by atoms with van der Waals surface area (Å²) in [5.74, 6) is -0.542. The zero-order valence-corrected chi connectivity index (χ0v) is 16.8. The van der Waals surface area contributed by atoms with Gasteiger partial charge in [0, 0.05) is 5.71 Å². The Labute approximate surface area is 164 Å². The second kappa shape index (κ2) is 9.53. The number of nitrogens with zero attached hydrogens (tertiary/aromatic N) is 2. The van der Waals surface area contributed by atoms with Gasteiger partial charge in [0.2, 0.25) is 10.0 Å². The Bertz CT molecular complexity index is 915. The highest BCUT2D eigenvalue weighted by Crippen LogP contribution is 2.26. The van der Waals surface area contributed by atoms with E-state index in [0.29, 0.717) is 6.42 Å². The van der Waals surface area contributed by atoms with Crippen LogP contribution in [0.25, 0.3) is 0 Å². The van der Waals surface area contributed by atoms with Crippen LogP contribution in [0.3, 0.4) is 0 Å². The molecule has 0 aliphatic carbocycles. The zero-order valence-electron chi connectivity index (χ0n) is 15.2. The van der Waals surface area contributed by atoms with Crippen molar-refractivity contribution in [2.45, 2.75) is 19.8 Å². The van der Waals surface area contributed by atoms with Gasteiger partial charge in [-0.3, -0.25) is 9.10 Å². The van der Waals surface area contributed by atoms with Gasteiger partial charge in [0.1, 0.15) is 6.54 Å². The number of halogens is 1. The lowest BCUT2D eigenvalue weighted by Gasteiger charge is -2.22. The van der Waals surface area contributed by atoms with Gasteiger partial charge in [-0.05, 0) is 37.5 Å². The fraction of sp³-hybridized carbons (Fsp3) is 0.263. The molecule has 0 atom stereocenters. The molecule has 0 saturated heterocycles. The molecule has 2 aromatic rings. The number of para-hydroxylation sites is 1. The van der Waals surface area contributed by atoms with Crippen molar-refractivity contribution in [2.75, 3.05) is 17.1 Å². The maximum Gasteiger partial charge on any atom is 0.260 e. The molecule has 6 nitrogen and oxygen atoms in total. The summed E-state index contributed by atoms with van der Waals surface area (Å²) >= 11 is 6.07. The predicted molar refractivity (Wildman–Crippen MR) is 110 cm³/mol. The van der Waals surface area contributed by atoms with Crippen LogP contribution in [0.4, 0.5) is 5.69 Å². The van der Waals surface area contributed by atoms with Crippen LogP contribution in [-0.2, 0) is 21.2 Å². The summed E-state index contributed by atoms with van der Waals surface area (Å²) in [4.78, 5) is 12.2. The smallest absolute Gasteiger partial charge is 0.260 e. The van der Waals surface area contributed by atoms with Gasteiger partial charge in [0.25, 0.3) is 5.91 Å². The molecule has 0 heterocycles. The molecule has 27 heavy (non-hydrogen) atoms. The number of amides is 1. The minimum Gasteiger partial charge on any atom is -0.271 e. The normalized spacial score (nSPS) is 11.9. The second-order valence-corrected chi connectivity index (χ2v) is 8.40. The monoisotopic (exact) mass is 407 g/mol. The van der Waals surface area contributed by atoms with E-state index in [4.69, 9.17) is 11.6 Å². The Morgan fingerprint density at radius 2 is 1.74 bits per heavy atom. The van der Waals surface area contributed by atoms with Crippen LogP contribution in [0.2, 0.25) is 5.02 Å². The minimum absolute atomic E-state index is 0.248. The summed E-state index contributed by atoms with van der Waals surface area (Å²) < 4.78 is 25.1. The lowest BCUT2D eigenvalue weighted by atomic mass is 10.1. The van der Waals surface area contributed by atoms with E-state index in [2.05, 4.69) is 10.5 Å². The van der Waals surface area contributed by atoms with Crippen LogP contribution in [0.5, 0.6) is 0 Å². The maximum atomic E-state index is 12.2. The Hall–Kier alpha value is -2.38. The first-order valence-electron chi connectivity index (χ1n) is 8.35. The first kappa shape index (κ1) is 20.9. The van der Waals surface area contributed by atoms with Crippen LogP contribution < -0.4 is 9.73 Å². The maximum absolute atomic E-state index is 12.2. The third-order valence-corrected chi connectivity index (χ3v) is 5.24. The molecule has 0 aliphatic heterocycles. The fourth-order valence-corrected chi connectivity index (χ4v) is 3.54. The fourth-order valence-electron chi connectivity index (χ4n) is 2.38. The van der Waals surface area contributed by atoms with Crippen molar-refractivity contribution in [2.24, 2.45) is 5.10 Å². The van der Waals surface area contributed by atoms with Crippen molar-refractivity contribution < 1.29 is 13.2 Å². The molecule has 2 aromatic carbocycles. The molecule has 0 bridgehead atoms. The number of nitrogens with one attached hydrogen (secondary N) is 1. The third kappa shape index (κ3) is 6.69. The number of hydrazone groups is 1. The minimum atomic E-state index is -3.68. The van der Waals surface area contributed by atoms with E-state index in [1.54, 1.807) is 24.3 Å². The Balaban J connectivity index is 1.98. The van der Waals surface area contributed by atoms with Gasteiger partial charge in [-0.2, -0.15) is 5.10 Å². The molecule has 2 rings (SSSR count). The molecule has 0 radical (unpaired) electrons. The number of benzene rings is 2. The van der Waals surface area contributed by atoms with Crippen molar-refractivity contribution in [3.05, 3.63) is 65.2 Å². The highest BCUT2D eigenvalue weighted by atomic mass is 35.5. The molecule has 0 fully saturated rings. The molecule has 0 aromatic heterocycles. The number of carbonyl (C=O) groups excluding carboxylic acids is 1. The average Bonchev–Trinajstić information content (AvgIpc) is 2.63. The third-order valence-electron chi connectivity index (χ3n) is 3.80. The van der Waals surface area contributed by atoms with E-state index < -0.39 is 22.5 Å². The van der Waals surface area contributed by atoms with Crippen molar-refractivity contribution in [1.29, 1.82) is 0 Å². The Morgan fingerprint density at radius 3 is 2.37 bits per heavy atom. The Kier molecular flexibility index (Phi) is 7.38. The number of anilines is 1. The van der Waals surface area contributed by atoms with Gasteiger partial charge in [-0.1, -0.05) is 54.1 Å². The van der Waals surface area contributed by atoms with Crippen molar-refractivity contribution in [1.82, 2.24) is 5.43 Å². The van der Waals surface area contributed by atoms with Gasteiger partial charge in [-0.25, -0.2) is 13.8 Å². The zero-order chi connectivity index (χ0) is 19.9. The van der Waals surface area contributed by atoms with E-state index in [1.165, 1.54) is 5.56 Å². The summed E-state index contributed by atoms with van der Waals surface area (Å²) in [5, 5.41) is 4.30. The van der Waals surface area contributed by atoms with Crippen LogP contribution in [0, 0.1) is 0 Å². The summed E-state index contributed by atoms with van der Waals surface area (Å²) in [6, 6.07) is 16.4. The number of hydrogen-bond acceptors (Lipinski definition) is 4. The molecular weight excluding hydrogens is 386 g/mol. The van der Waals surface area contributed by atoms with E-state index in [0.717, 1.165) is 22.7 Å². The average molecular weight is 408 g/mol. The summed E-state index contributed by atoms with van der Waals surface area (Å²) in [6.45, 7) is 1.41. The largest absolute Gasteiger partial charge is 0.271 e. The van der Waals surface area contributed by atoms with E-state index in [1.807, 2.05) is 37.3 Å². The molecule has 1 amide bonds. The van der Waals surface area contributed by atoms with Gasteiger partial charge in [0.05, 0.1) is 17.0 Å². The van der Waals surface area contributed by atoms with Crippen molar-refractivity contribution in [3.8, 4) is 0 Å². The number of aryl methyl sites for hydroxylation is 1. The number of rotatable bonds is 8. The van der Waals surface area contributed by atoms with E-state index in [-0.39, 0.29) is 10.7 Å². The predicted octanol–water partition coefficient (Wildman–Crippen LogP) is 3.23. The highest BCUT2D eigenvalue weighted by molar-refractivity contribution is 7.92. The lowest BCUT2D eigenvalue weighted by molar-refractivity contribution is -0.119. The first-order valence-corrected chi connectivity index (χ1v) is 10.6. The summed E-state index contributed by atoms with van der Waals surface area (Å²) in [5.41, 5.74) is 4.59. The van der Waals surface area contributed by atoms with E-state index in [9.17, 15) is 13.2 Å². The Morgan fingerprint density at radius 1 is 1.11 bits per heavy atom. The lowest BCUT2D eigenvalue weighted by Crippen LogP contribution is -2.39. The number of sulfonamides is 1. The van der Waals surface area contributed by atoms with Gasteiger partial charge in [-0.15, -0.1) is 0 Å². The molecule has 8 heteroatoms. The van der Waals surface area contributed by atoms with Crippen molar-refractivity contribution >= 4 is 38.9 Å². The highest BCUT2D eigenvalue weighted by Gasteiger charge is 2.22. The van der Waals surface area contributed by atoms with Crippen LogP contribution in [0.15, 0.2) is 59.7 Å². The summed E-state index contributed by atoms with van der Waals surface area (Å²) in [7, 11) is -3.68. The quantitative estimate of drug-likeness (QED) is 0.539. The van der Waals surface area contributed by atoms with Gasteiger partial charge >= 0.3 is 0 Å². The van der Waals surface area contributed by atoms with Crippen LogP contribution >= 0.6 is 11.6 Å². The van der Waals surface area contributed by atoms with Gasteiger partial charge < -0.3 is 0 Å². The first-order chi connectivity index (χ1) is 12.8. The van der Waals surface area contributed by atoms with Gasteiger partial charge in [0.15, 0.2) is 0 Å². The van der Waals surface area contributed by atoms with E-state index >= 15 is 0 Å². The van der Waals surface area contributed by atoms with Crippen molar-refractivity contribution in [3.63, 3.8) is 0 Å². The molecule has 0 aliphatic rings. The molecular formula is C19H22ClN3O3S. The number of carbonyl (C=O) groups is 1. The molecule has 0 unspecified atom stereocenters. The van der Waals surface area contributed by atoms with Crippen LogP contribution in [0.1, 0.15) is 18.9 Å². The topological polar surface area (TPSA) is 78.8 Å². The molecule has 1 N–H and O–H groups in total. The second-order valence-electron chi connectivity index (χ2n) is 6.09. The standard InChI is InChI=1S/C19H22ClN3O3S/c1-15(12-13-16-8-4-3-5-9-16)21-22-19(24)14-23(27(2,25)26)18-11-7-6-10-17(18)20/h3-11H,12-14H2,1-2H3,(H,22,24)/b21-15+. The number of hydrogen-bond donors (Lipinski definition) is 1. The SMILES string of the molecule is C/C(CCc1ccccc1)=N\NC(=O)CN(c1ccccc1Cl)S(C)(=O)=O.